The summed E-state index contributed by atoms with van der Waals surface area (Å²) in [4.78, 5) is 21.4. The number of allylic oxidation sites excluding steroid dienone is 2. The zero-order valence-corrected chi connectivity index (χ0v) is 29.6. The summed E-state index contributed by atoms with van der Waals surface area (Å²) in [6, 6.07) is 21.4. The van der Waals surface area contributed by atoms with Gasteiger partial charge >= 0.3 is 0 Å². The van der Waals surface area contributed by atoms with E-state index in [1.54, 1.807) is 24.3 Å². The van der Waals surface area contributed by atoms with Crippen molar-refractivity contribution in [1.82, 2.24) is 0 Å². The summed E-state index contributed by atoms with van der Waals surface area (Å²) in [5.41, 5.74) is 6.90. The standard InChI is InChI=1S/2C11H20O3.2C8H11N/c2*1-4-6-8-9(7-5-2)11(3,14)10(12)13;2*1-7(9)8-5-3-2-4-6-8/h2*5,7,9,14H,4,6,8H2,1-3H3,(H,12,13);2*2-7H,9H2,1H3/b2*7-5+;;/t2*9-,11-;2*7-/m0000/s1. The average molecular weight is 643 g/mol. The molecule has 0 bridgehead atoms. The van der Waals surface area contributed by atoms with E-state index in [2.05, 4.69) is 49.6 Å². The Morgan fingerprint density at radius 2 is 0.978 bits per heavy atom. The van der Waals surface area contributed by atoms with Crippen molar-refractivity contribution in [3.63, 3.8) is 0 Å². The number of benzene rings is 2. The Morgan fingerprint density at radius 1 is 0.696 bits per heavy atom. The lowest BCUT2D eigenvalue weighted by atomic mass is 9.85. The smallest absolute Gasteiger partial charge is 0.107 e. The van der Waals surface area contributed by atoms with Crippen LogP contribution >= 0.6 is 0 Å². The minimum atomic E-state index is -1.76. The van der Waals surface area contributed by atoms with Crippen LogP contribution in [0.3, 0.4) is 0 Å². The molecule has 8 N–H and O–H groups in total. The molecule has 0 aliphatic rings. The molecular weight excluding hydrogens is 580 g/mol. The van der Waals surface area contributed by atoms with Crippen LogP contribution < -0.4 is 21.7 Å². The van der Waals surface area contributed by atoms with E-state index in [-0.39, 0.29) is 11.8 Å². The molecule has 0 spiro atoms. The summed E-state index contributed by atoms with van der Waals surface area (Å²) < 4.78 is 0. The fourth-order valence-corrected chi connectivity index (χ4v) is 4.31. The molecule has 260 valence electrons. The molecule has 0 radical (unpaired) electrons. The number of aliphatic hydroxyl groups is 2. The highest BCUT2D eigenvalue weighted by atomic mass is 16.4. The molecule has 0 amide bonds. The van der Waals surface area contributed by atoms with Crippen molar-refractivity contribution < 1.29 is 41.5 Å². The number of carbonyl (C=O) groups is 2. The van der Waals surface area contributed by atoms with Crippen molar-refractivity contribution in [1.29, 1.82) is 0 Å². The van der Waals surface area contributed by atoms with E-state index in [0.29, 0.717) is 24.9 Å². The summed E-state index contributed by atoms with van der Waals surface area (Å²) in [7, 11) is 0. The molecule has 0 saturated heterocycles. The van der Waals surface area contributed by atoms with E-state index in [4.69, 9.17) is 0 Å². The van der Waals surface area contributed by atoms with E-state index in [1.807, 2.05) is 64.1 Å². The summed E-state index contributed by atoms with van der Waals surface area (Å²) in [6.45, 7) is 14.4. The third-order valence-electron chi connectivity index (χ3n) is 7.59. The number of hydrogen-bond donors (Lipinski definition) is 4. The third-order valence-corrected chi connectivity index (χ3v) is 7.59. The lowest BCUT2D eigenvalue weighted by molar-refractivity contribution is -0.420. The maximum Gasteiger partial charge on any atom is 0.107 e. The Labute approximate surface area is 278 Å². The molecule has 0 fully saturated rings. The summed E-state index contributed by atoms with van der Waals surface area (Å²) in [5, 5.41) is 40.8. The van der Waals surface area contributed by atoms with Gasteiger partial charge in [-0.1, -0.05) is 124 Å². The van der Waals surface area contributed by atoms with Crippen LogP contribution in [0.15, 0.2) is 85.0 Å². The molecule has 0 heterocycles. The van der Waals surface area contributed by atoms with Crippen LogP contribution in [-0.2, 0) is 9.59 Å². The molecular formula is C38H62N2O6. The summed E-state index contributed by atoms with van der Waals surface area (Å²) in [5.74, 6) is -3.54. The molecule has 2 aromatic rings. The second-order valence-electron chi connectivity index (χ2n) is 12.0. The highest BCUT2D eigenvalue weighted by Gasteiger charge is 2.31. The number of unbranched alkanes of at least 4 members (excludes halogenated alkanes) is 2. The molecule has 46 heavy (non-hydrogen) atoms. The van der Waals surface area contributed by atoms with Gasteiger partial charge in [0.1, 0.15) is 23.3 Å². The van der Waals surface area contributed by atoms with Crippen LogP contribution in [0.25, 0.3) is 0 Å². The van der Waals surface area contributed by atoms with Gasteiger partial charge in [-0.15, -0.1) is 0 Å². The first-order valence-electron chi connectivity index (χ1n) is 16.4. The van der Waals surface area contributed by atoms with Gasteiger partial charge in [-0.2, -0.15) is 0 Å². The molecule has 0 aliphatic heterocycles. The van der Waals surface area contributed by atoms with Gasteiger partial charge in [0.25, 0.3) is 0 Å². The fraction of sp³-hybridized carbons (Fsp3) is 0.526. The lowest BCUT2D eigenvalue weighted by Gasteiger charge is -2.31. The largest absolute Gasteiger partial charge is 0.547 e. The van der Waals surface area contributed by atoms with E-state index >= 15 is 0 Å². The van der Waals surface area contributed by atoms with Gasteiger partial charge in [-0.3, -0.25) is 0 Å². The molecule has 8 heteroatoms. The summed E-state index contributed by atoms with van der Waals surface area (Å²) in [6.07, 6.45) is 12.1. The molecule has 8 nitrogen and oxygen atoms in total. The van der Waals surface area contributed by atoms with Gasteiger partial charge in [0.15, 0.2) is 0 Å². The van der Waals surface area contributed by atoms with Gasteiger partial charge in [0.2, 0.25) is 0 Å². The molecule has 2 rings (SSSR count). The quantitative estimate of drug-likeness (QED) is 0.228. The van der Waals surface area contributed by atoms with Crippen molar-refractivity contribution in [2.45, 2.75) is 117 Å². The Hall–Kier alpha value is -3.30. The van der Waals surface area contributed by atoms with E-state index in [0.717, 1.165) is 25.7 Å². The molecule has 2 aromatic carbocycles. The number of rotatable bonds is 14. The Balaban J connectivity index is 0. The number of carboxylic acids is 2. The average Bonchev–Trinajstić information content (AvgIpc) is 3.02. The lowest BCUT2D eigenvalue weighted by Crippen LogP contribution is -2.51. The highest BCUT2D eigenvalue weighted by Crippen LogP contribution is 2.25. The molecule has 0 saturated carbocycles. The number of carboxylic acid groups (broad SMARTS) is 2. The fourth-order valence-electron chi connectivity index (χ4n) is 4.31. The van der Waals surface area contributed by atoms with Crippen molar-refractivity contribution in [3.8, 4) is 0 Å². The first-order chi connectivity index (χ1) is 21.5. The number of aliphatic carboxylic acids is 2. The minimum absolute atomic E-state index is 0.363. The Bertz CT molecular complexity index is 1020. The second-order valence-corrected chi connectivity index (χ2v) is 12.0. The summed E-state index contributed by atoms with van der Waals surface area (Å²) >= 11 is 0. The highest BCUT2D eigenvalue weighted by molar-refractivity contribution is 5.75. The van der Waals surface area contributed by atoms with Crippen LogP contribution in [-0.4, -0.2) is 33.4 Å². The molecule has 0 aromatic heterocycles. The van der Waals surface area contributed by atoms with Crippen LogP contribution in [0, 0.1) is 11.8 Å². The van der Waals surface area contributed by atoms with Crippen molar-refractivity contribution >= 4 is 11.9 Å². The number of carbonyl (C=O) groups excluding carboxylic acids is 2. The zero-order valence-electron chi connectivity index (χ0n) is 29.6. The van der Waals surface area contributed by atoms with Gasteiger partial charge in [-0.25, -0.2) is 0 Å². The molecule has 0 aliphatic carbocycles. The monoisotopic (exact) mass is 642 g/mol. The first-order valence-corrected chi connectivity index (χ1v) is 16.4. The number of hydrogen-bond acceptors (Lipinski definition) is 6. The third kappa shape index (κ3) is 18.6. The maximum absolute atomic E-state index is 10.7. The molecule has 0 unspecified atom stereocenters. The Kier molecular flexibility index (Phi) is 24.2. The predicted octanol–water partition coefficient (Wildman–Crippen LogP) is 3.72. The van der Waals surface area contributed by atoms with Crippen LogP contribution in [0.1, 0.15) is 117 Å². The van der Waals surface area contributed by atoms with Crippen molar-refractivity contribution in [3.05, 3.63) is 96.1 Å². The Morgan fingerprint density at radius 3 is 1.15 bits per heavy atom. The van der Waals surface area contributed by atoms with E-state index < -0.39 is 23.1 Å². The van der Waals surface area contributed by atoms with Gasteiger partial charge in [0.05, 0.1) is 11.9 Å². The zero-order chi connectivity index (χ0) is 35.8. The van der Waals surface area contributed by atoms with Crippen molar-refractivity contribution in [2.75, 3.05) is 0 Å². The minimum Gasteiger partial charge on any atom is -0.547 e. The van der Waals surface area contributed by atoms with Crippen LogP contribution in [0.4, 0.5) is 0 Å². The van der Waals surface area contributed by atoms with Crippen LogP contribution in [0.5, 0.6) is 0 Å². The van der Waals surface area contributed by atoms with Crippen molar-refractivity contribution in [2.24, 2.45) is 11.8 Å². The van der Waals surface area contributed by atoms with Gasteiger partial charge < -0.3 is 41.5 Å². The first kappa shape index (κ1) is 44.8. The van der Waals surface area contributed by atoms with Gasteiger partial charge in [-0.05, 0) is 54.4 Å². The van der Waals surface area contributed by atoms with Crippen LogP contribution in [0.2, 0.25) is 0 Å². The maximum atomic E-state index is 10.7. The normalized spacial score (nSPS) is 16.1. The molecule has 6 atom stereocenters. The van der Waals surface area contributed by atoms with Gasteiger partial charge in [0, 0.05) is 23.0 Å². The predicted molar refractivity (Wildman–Crippen MR) is 182 cm³/mol. The SMILES string of the molecule is C/C=C/[C@@H](CCCC)[C@](C)(O)C(=O)[O-].C/C=C/[C@@H](CCCC)[C@](C)(O)C(=O)[O-].C[C@H]([NH3+])c1ccccc1.C[C@H]([NH3+])c1ccccc1. The second kappa shape index (κ2) is 24.9. The number of quaternary nitrogens is 2. The topological polar surface area (TPSA) is 176 Å². The van der Waals surface area contributed by atoms with E-state index in [9.17, 15) is 30.0 Å². The van der Waals surface area contributed by atoms with E-state index in [1.165, 1.54) is 25.0 Å².